The monoisotopic (exact) mass is 718 g/mol. The number of hydrogen-bond donors (Lipinski definition) is 0. The Morgan fingerprint density at radius 2 is 1.05 bits per heavy atom. The predicted molar refractivity (Wildman–Crippen MR) is 237 cm³/mol. The average Bonchev–Trinajstić information content (AvgIpc) is 3.81. The van der Waals surface area contributed by atoms with Crippen molar-refractivity contribution in [1.29, 1.82) is 0 Å². The molecule has 0 spiro atoms. The molecule has 0 aliphatic rings. The van der Waals surface area contributed by atoms with Crippen LogP contribution in [0.3, 0.4) is 0 Å². The molecule has 0 saturated carbocycles. The van der Waals surface area contributed by atoms with Crippen LogP contribution in [-0.4, -0.2) is 4.57 Å². The first-order valence-electron chi connectivity index (χ1n) is 18.8. The summed E-state index contributed by atoms with van der Waals surface area (Å²) >= 11 is 1.86. The van der Waals surface area contributed by atoms with Gasteiger partial charge in [0.25, 0.3) is 0 Å². The van der Waals surface area contributed by atoms with Crippen molar-refractivity contribution in [3.63, 3.8) is 0 Å². The van der Waals surface area contributed by atoms with E-state index >= 15 is 0 Å². The zero-order chi connectivity index (χ0) is 36.3. The first kappa shape index (κ1) is 31.6. The van der Waals surface area contributed by atoms with Gasteiger partial charge in [-0.1, -0.05) is 152 Å². The van der Waals surface area contributed by atoms with Crippen LogP contribution in [-0.2, 0) is 0 Å². The number of nitrogens with zero attached hydrogens (tertiary/aromatic N) is 2. The summed E-state index contributed by atoms with van der Waals surface area (Å²) < 4.78 is 5.03. The number of para-hydroxylation sites is 2. The Bertz CT molecular complexity index is 3190. The molecule has 0 radical (unpaired) electrons. The number of aromatic nitrogens is 1. The van der Waals surface area contributed by atoms with Crippen LogP contribution in [0.5, 0.6) is 0 Å². The quantitative estimate of drug-likeness (QED) is 0.166. The predicted octanol–water partition coefficient (Wildman–Crippen LogP) is 15.1. The minimum atomic E-state index is 1.11. The summed E-state index contributed by atoms with van der Waals surface area (Å²) in [5, 5.41) is 7.59. The van der Waals surface area contributed by atoms with Gasteiger partial charge in [0, 0.05) is 53.3 Å². The van der Waals surface area contributed by atoms with Crippen molar-refractivity contribution >= 4 is 81.1 Å². The molecule has 0 amide bonds. The molecule has 0 fully saturated rings. The Balaban J connectivity index is 1.10. The molecule has 0 atom stereocenters. The van der Waals surface area contributed by atoms with Gasteiger partial charge in [-0.3, -0.25) is 0 Å². The summed E-state index contributed by atoms with van der Waals surface area (Å²) in [6.07, 6.45) is 0. The molecule has 0 unspecified atom stereocenters. The van der Waals surface area contributed by atoms with Gasteiger partial charge in [-0.05, 0) is 76.7 Å². The van der Waals surface area contributed by atoms with E-state index in [1.165, 1.54) is 80.7 Å². The fraction of sp³-hybridized carbons (Fsp3) is 0. The van der Waals surface area contributed by atoms with E-state index in [0.29, 0.717) is 0 Å². The van der Waals surface area contributed by atoms with Gasteiger partial charge < -0.3 is 9.47 Å². The highest BCUT2D eigenvalue weighted by atomic mass is 32.1. The number of anilines is 3. The van der Waals surface area contributed by atoms with E-state index in [0.717, 1.165) is 17.1 Å². The molecule has 0 saturated heterocycles. The maximum absolute atomic E-state index is 2.45. The van der Waals surface area contributed by atoms with Crippen LogP contribution in [0.25, 0.3) is 80.7 Å². The number of rotatable bonds is 6. The summed E-state index contributed by atoms with van der Waals surface area (Å²) in [7, 11) is 0. The number of hydrogen-bond acceptors (Lipinski definition) is 2. The van der Waals surface area contributed by atoms with Gasteiger partial charge in [-0.15, -0.1) is 11.3 Å². The average molecular weight is 719 g/mol. The van der Waals surface area contributed by atoms with E-state index in [4.69, 9.17) is 0 Å². The Hall–Kier alpha value is -6.94. The molecule has 55 heavy (non-hydrogen) atoms. The molecule has 0 aliphatic heterocycles. The molecule has 258 valence electrons. The fourth-order valence-corrected chi connectivity index (χ4v) is 9.61. The molecule has 0 aliphatic carbocycles. The molecule has 2 nitrogen and oxygen atoms in total. The van der Waals surface area contributed by atoms with Crippen molar-refractivity contribution < 1.29 is 0 Å². The van der Waals surface area contributed by atoms with Gasteiger partial charge in [0.2, 0.25) is 0 Å². The first-order chi connectivity index (χ1) is 27.3. The molecule has 2 aromatic heterocycles. The van der Waals surface area contributed by atoms with E-state index < -0.39 is 0 Å². The molecule has 0 N–H and O–H groups in total. The van der Waals surface area contributed by atoms with Gasteiger partial charge in [-0.2, -0.15) is 0 Å². The Labute approximate surface area is 323 Å². The van der Waals surface area contributed by atoms with E-state index in [1.54, 1.807) is 0 Å². The molecule has 0 bridgehead atoms. The van der Waals surface area contributed by atoms with Crippen molar-refractivity contribution in [3.8, 4) is 27.9 Å². The van der Waals surface area contributed by atoms with Gasteiger partial charge in [0.15, 0.2) is 0 Å². The normalized spacial score (nSPS) is 11.6. The van der Waals surface area contributed by atoms with Crippen molar-refractivity contribution in [2.75, 3.05) is 4.90 Å². The van der Waals surface area contributed by atoms with Crippen LogP contribution < -0.4 is 4.90 Å². The van der Waals surface area contributed by atoms with Gasteiger partial charge in [0.05, 0.1) is 22.4 Å². The van der Waals surface area contributed by atoms with E-state index in [-0.39, 0.29) is 0 Å². The van der Waals surface area contributed by atoms with Crippen molar-refractivity contribution in [1.82, 2.24) is 4.57 Å². The third-order valence-corrected chi connectivity index (χ3v) is 12.1. The van der Waals surface area contributed by atoms with Crippen molar-refractivity contribution in [3.05, 3.63) is 206 Å². The van der Waals surface area contributed by atoms with Crippen molar-refractivity contribution in [2.24, 2.45) is 0 Å². The summed E-state index contributed by atoms with van der Waals surface area (Å²) in [4.78, 5) is 2.45. The topological polar surface area (TPSA) is 8.17 Å². The van der Waals surface area contributed by atoms with Gasteiger partial charge in [-0.25, -0.2) is 0 Å². The molecule has 11 rings (SSSR count). The maximum Gasteiger partial charge on any atom is 0.0619 e. The van der Waals surface area contributed by atoms with Crippen LogP contribution in [0, 0.1) is 0 Å². The van der Waals surface area contributed by atoms with E-state index in [9.17, 15) is 0 Å². The Morgan fingerprint density at radius 3 is 1.91 bits per heavy atom. The molecule has 2 heterocycles. The standard InChI is InChI=1S/C52H34N2S/c1-3-14-36(15-4-1)41-19-9-11-22-46(41)53(47-23-13-25-50-51(47)45-21-10-12-24-49(45)55-50)40-30-26-35(27-31-40)38-29-32-43-44-33-28-37-16-7-8-20-42(37)52(44)54(48(43)34-38)39-17-5-2-6-18-39/h1-34H. The zero-order valence-electron chi connectivity index (χ0n) is 29.9. The largest absolute Gasteiger partial charge is 0.309 e. The molecular formula is C52H34N2S. The first-order valence-corrected chi connectivity index (χ1v) is 19.6. The summed E-state index contributed by atoms with van der Waals surface area (Å²) in [5.41, 5.74) is 11.8. The summed E-state index contributed by atoms with van der Waals surface area (Å²) in [6, 6.07) is 75.1. The third-order valence-electron chi connectivity index (χ3n) is 11.0. The van der Waals surface area contributed by atoms with Crippen LogP contribution in [0.1, 0.15) is 0 Å². The van der Waals surface area contributed by atoms with Gasteiger partial charge >= 0.3 is 0 Å². The lowest BCUT2D eigenvalue weighted by molar-refractivity contribution is 1.19. The fourth-order valence-electron chi connectivity index (χ4n) is 8.49. The van der Waals surface area contributed by atoms with Crippen LogP contribution in [0.2, 0.25) is 0 Å². The second-order valence-corrected chi connectivity index (χ2v) is 15.2. The molecule has 9 aromatic carbocycles. The lowest BCUT2D eigenvalue weighted by Crippen LogP contribution is -2.11. The smallest absolute Gasteiger partial charge is 0.0619 e. The van der Waals surface area contributed by atoms with E-state index in [2.05, 4.69) is 216 Å². The van der Waals surface area contributed by atoms with Crippen molar-refractivity contribution in [2.45, 2.75) is 0 Å². The maximum atomic E-state index is 2.45. The number of thiophene rings is 1. The highest BCUT2D eigenvalue weighted by Crippen LogP contribution is 2.47. The lowest BCUT2D eigenvalue weighted by Gasteiger charge is -2.29. The second kappa shape index (κ2) is 12.9. The third kappa shape index (κ3) is 5.16. The minimum absolute atomic E-state index is 1.11. The van der Waals surface area contributed by atoms with Crippen LogP contribution in [0.4, 0.5) is 17.1 Å². The highest BCUT2D eigenvalue weighted by Gasteiger charge is 2.22. The number of benzene rings is 9. The summed E-state index contributed by atoms with van der Waals surface area (Å²) in [6.45, 7) is 0. The van der Waals surface area contributed by atoms with Crippen LogP contribution in [0.15, 0.2) is 206 Å². The number of fused-ring (bicyclic) bond motifs is 8. The zero-order valence-corrected chi connectivity index (χ0v) is 30.7. The SMILES string of the molecule is c1ccc(-c2ccccc2N(c2ccc(-c3ccc4c5ccc6ccccc6c5n(-c5ccccc5)c4c3)cc2)c2cccc3sc4ccccc4c23)cc1. The van der Waals surface area contributed by atoms with Gasteiger partial charge in [0.1, 0.15) is 0 Å². The molecular weight excluding hydrogens is 685 g/mol. The van der Waals surface area contributed by atoms with Crippen LogP contribution >= 0.6 is 11.3 Å². The highest BCUT2D eigenvalue weighted by molar-refractivity contribution is 7.26. The van der Waals surface area contributed by atoms with E-state index in [1.807, 2.05) is 11.3 Å². The Morgan fingerprint density at radius 1 is 0.400 bits per heavy atom. The molecule has 11 aromatic rings. The Kier molecular flexibility index (Phi) is 7.39. The molecule has 3 heteroatoms. The second-order valence-electron chi connectivity index (χ2n) is 14.1. The minimum Gasteiger partial charge on any atom is -0.309 e. The lowest BCUT2D eigenvalue weighted by atomic mass is 9.99. The summed E-state index contributed by atoms with van der Waals surface area (Å²) in [5.74, 6) is 0.